The van der Waals surface area contributed by atoms with Crippen LogP contribution in [0.5, 0.6) is 0 Å². The van der Waals surface area contributed by atoms with Gasteiger partial charge in [0.1, 0.15) is 5.82 Å². The van der Waals surface area contributed by atoms with E-state index in [-0.39, 0.29) is 0 Å². The number of nitrogens with zero attached hydrogens (tertiary/aromatic N) is 1. The van der Waals surface area contributed by atoms with Crippen molar-refractivity contribution in [2.24, 2.45) is 0 Å². The maximum Gasteiger partial charge on any atom is 0.131 e. The van der Waals surface area contributed by atoms with Crippen LogP contribution in [-0.4, -0.2) is 9.97 Å². The van der Waals surface area contributed by atoms with Gasteiger partial charge in [-0.1, -0.05) is 77.9 Å². The van der Waals surface area contributed by atoms with Crippen molar-refractivity contribution in [3.05, 3.63) is 83.7 Å². The lowest BCUT2D eigenvalue weighted by atomic mass is 10.1. The first kappa shape index (κ1) is 17.9. The summed E-state index contributed by atoms with van der Waals surface area (Å²) in [6.45, 7) is 6.46. The van der Waals surface area contributed by atoms with Gasteiger partial charge in [-0.2, -0.15) is 0 Å². The molecule has 1 N–H and O–H groups in total. The third-order valence-corrected chi connectivity index (χ3v) is 4.31. The predicted octanol–water partition coefficient (Wildman–Crippen LogP) is 6.89. The number of aromatic amines is 1. The summed E-state index contributed by atoms with van der Waals surface area (Å²) < 4.78 is 0. The molecule has 2 nitrogen and oxygen atoms in total. The molecule has 26 heavy (non-hydrogen) atoms. The molecule has 0 amide bonds. The molecule has 1 aromatic heterocycles. The lowest BCUT2D eigenvalue weighted by Gasteiger charge is -2.02. The van der Waals surface area contributed by atoms with Gasteiger partial charge in [0, 0.05) is 11.1 Å². The first-order valence-corrected chi connectivity index (χ1v) is 9.15. The van der Waals surface area contributed by atoms with Crippen LogP contribution >= 0.6 is 0 Å². The molecule has 0 saturated heterocycles. The third-order valence-electron chi connectivity index (χ3n) is 4.31. The lowest BCUT2D eigenvalue weighted by molar-refractivity contribution is 0.972. The third kappa shape index (κ3) is 4.60. The SMILES string of the molecule is CC(C)=CCCC(C)=Cc1nc(-c2ccccc2)c(-c2ccccc2)[nH]1. The number of rotatable bonds is 6. The van der Waals surface area contributed by atoms with Gasteiger partial charge in [-0.05, 0) is 39.7 Å². The largest absolute Gasteiger partial charge is 0.338 e. The fourth-order valence-electron chi connectivity index (χ4n) is 2.97. The number of hydrogen-bond acceptors (Lipinski definition) is 1. The van der Waals surface area contributed by atoms with Crippen molar-refractivity contribution in [3.63, 3.8) is 0 Å². The van der Waals surface area contributed by atoms with E-state index in [0.29, 0.717) is 0 Å². The van der Waals surface area contributed by atoms with Crippen LogP contribution in [0.15, 0.2) is 77.9 Å². The molecule has 0 unspecified atom stereocenters. The van der Waals surface area contributed by atoms with Crippen LogP contribution in [0.1, 0.15) is 39.4 Å². The monoisotopic (exact) mass is 342 g/mol. The standard InChI is InChI=1S/C24H26N2/c1-18(2)11-10-12-19(3)17-22-25-23(20-13-6-4-7-14-20)24(26-22)21-15-8-5-9-16-21/h4-9,11,13-17H,10,12H2,1-3H3,(H,25,26). The quantitative estimate of drug-likeness (QED) is 0.485. The molecule has 132 valence electrons. The number of hydrogen-bond donors (Lipinski definition) is 1. The highest BCUT2D eigenvalue weighted by Gasteiger charge is 2.12. The summed E-state index contributed by atoms with van der Waals surface area (Å²) in [6.07, 6.45) is 6.57. The minimum Gasteiger partial charge on any atom is -0.338 e. The van der Waals surface area contributed by atoms with Crippen LogP contribution in [0.3, 0.4) is 0 Å². The topological polar surface area (TPSA) is 28.7 Å². The van der Waals surface area contributed by atoms with Crippen molar-refractivity contribution in [1.82, 2.24) is 9.97 Å². The summed E-state index contributed by atoms with van der Waals surface area (Å²) in [5.41, 5.74) is 7.05. The molecular formula is C24H26N2. The summed E-state index contributed by atoms with van der Waals surface area (Å²) in [5.74, 6) is 0.914. The number of H-pyrrole nitrogens is 1. The molecule has 3 rings (SSSR count). The second kappa shape index (κ2) is 8.48. The van der Waals surface area contributed by atoms with Gasteiger partial charge >= 0.3 is 0 Å². The first-order chi connectivity index (χ1) is 12.6. The number of allylic oxidation sites excluding steroid dienone is 3. The Morgan fingerprint density at radius 1 is 0.885 bits per heavy atom. The molecule has 0 radical (unpaired) electrons. The molecule has 0 aliphatic heterocycles. The van der Waals surface area contributed by atoms with E-state index in [1.54, 1.807) is 0 Å². The van der Waals surface area contributed by atoms with Crippen LogP contribution in [0.2, 0.25) is 0 Å². The van der Waals surface area contributed by atoms with Gasteiger partial charge in [0.15, 0.2) is 0 Å². The second-order valence-electron chi connectivity index (χ2n) is 6.89. The van der Waals surface area contributed by atoms with Gasteiger partial charge in [-0.15, -0.1) is 0 Å². The van der Waals surface area contributed by atoms with Gasteiger partial charge in [-0.3, -0.25) is 0 Å². The molecule has 2 aromatic carbocycles. The Labute approximate surface area is 156 Å². The summed E-state index contributed by atoms with van der Waals surface area (Å²) in [7, 11) is 0. The molecule has 3 aromatic rings. The average molecular weight is 342 g/mol. The molecule has 0 bridgehead atoms. The number of imidazole rings is 1. The zero-order valence-electron chi connectivity index (χ0n) is 15.8. The highest BCUT2D eigenvalue weighted by atomic mass is 14.9. The Morgan fingerprint density at radius 2 is 1.50 bits per heavy atom. The van der Waals surface area contributed by atoms with Gasteiger partial charge in [-0.25, -0.2) is 4.98 Å². The zero-order chi connectivity index (χ0) is 18.4. The number of nitrogens with one attached hydrogen (secondary N) is 1. The van der Waals surface area contributed by atoms with Crippen molar-refractivity contribution >= 4 is 6.08 Å². The van der Waals surface area contributed by atoms with Gasteiger partial charge in [0.05, 0.1) is 11.4 Å². The summed E-state index contributed by atoms with van der Waals surface area (Å²) in [6, 6.07) is 20.8. The smallest absolute Gasteiger partial charge is 0.131 e. The van der Waals surface area contributed by atoms with E-state index < -0.39 is 0 Å². The summed E-state index contributed by atoms with van der Waals surface area (Å²) in [4.78, 5) is 8.42. The average Bonchev–Trinajstić information content (AvgIpc) is 3.06. The molecule has 2 heteroatoms. The molecule has 0 aliphatic carbocycles. The van der Waals surface area contributed by atoms with Crippen LogP contribution in [-0.2, 0) is 0 Å². The first-order valence-electron chi connectivity index (χ1n) is 9.15. The fourth-order valence-corrected chi connectivity index (χ4v) is 2.97. The van der Waals surface area contributed by atoms with Crippen molar-refractivity contribution in [2.45, 2.75) is 33.6 Å². The van der Waals surface area contributed by atoms with Gasteiger partial charge in [0.2, 0.25) is 0 Å². The van der Waals surface area contributed by atoms with E-state index in [4.69, 9.17) is 4.98 Å². The van der Waals surface area contributed by atoms with E-state index in [9.17, 15) is 0 Å². The molecular weight excluding hydrogens is 316 g/mol. The molecule has 0 spiro atoms. The van der Waals surface area contributed by atoms with Crippen LogP contribution in [0, 0.1) is 0 Å². The minimum atomic E-state index is 0.914. The maximum atomic E-state index is 4.89. The van der Waals surface area contributed by atoms with E-state index in [2.05, 4.69) is 86.4 Å². The summed E-state index contributed by atoms with van der Waals surface area (Å²) in [5, 5.41) is 0. The number of benzene rings is 2. The predicted molar refractivity (Wildman–Crippen MR) is 112 cm³/mol. The summed E-state index contributed by atoms with van der Waals surface area (Å²) >= 11 is 0. The van der Waals surface area contributed by atoms with Crippen molar-refractivity contribution in [3.8, 4) is 22.5 Å². The minimum absolute atomic E-state index is 0.914. The van der Waals surface area contributed by atoms with Crippen LogP contribution in [0.4, 0.5) is 0 Å². The highest BCUT2D eigenvalue weighted by molar-refractivity contribution is 5.79. The molecule has 0 atom stereocenters. The van der Waals surface area contributed by atoms with Crippen molar-refractivity contribution < 1.29 is 0 Å². The van der Waals surface area contributed by atoms with Crippen LogP contribution < -0.4 is 0 Å². The Hall–Kier alpha value is -2.87. The Kier molecular flexibility index (Phi) is 5.85. The Balaban J connectivity index is 1.95. The van der Waals surface area contributed by atoms with Gasteiger partial charge in [0.25, 0.3) is 0 Å². The highest BCUT2D eigenvalue weighted by Crippen LogP contribution is 2.30. The Morgan fingerprint density at radius 3 is 2.12 bits per heavy atom. The molecule has 0 aliphatic rings. The molecule has 0 fully saturated rings. The van der Waals surface area contributed by atoms with E-state index in [0.717, 1.165) is 41.2 Å². The molecule has 1 heterocycles. The maximum absolute atomic E-state index is 4.89. The fraction of sp³-hybridized carbons (Fsp3) is 0.208. The normalized spacial score (nSPS) is 11.4. The number of aromatic nitrogens is 2. The van der Waals surface area contributed by atoms with Crippen molar-refractivity contribution in [1.29, 1.82) is 0 Å². The zero-order valence-corrected chi connectivity index (χ0v) is 15.8. The van der Waals surface area contributed by atoms with Gasteiger partial charge < -0.3 is 4.98 Å². The lowest BCUT2D eigenvalue weighted by Crippen LogP contribution is -1.82. The van der Waals surface area contributed by atoms with Crippen molar-refractivity contribution in [2.75, 3.05) is 0 Å². The van der Waals surface area contributed by atoms with E-state index in [1.165, 1.54) is 11.1 Å². The Bertz CT molecular complexity index is 839. The molecule has 0 saturated carbocycles. The van der Waals surface area contributed by atoms with Crippen LogP contribution in [0.25, 0.3) is 28.6 Å². The second-order valence-corrected chi connectivity index (χ2v) is 6.89. The van der Waals surface area contributed by atoms with E-state index in [1.807, 2.05) is 12.1 Å². The van der Waals surface area contributed by atoms with E-state index >= 15 is 0 Å².